The topological polar surface area (TPSA) is 62.5 Å². The molecule has 0 spiro atoms. The first-order chi connectivity index (χ1) is 10.1. The second-order valence-electron chi connectivity index (χ2n) is 5.88. The number of pyridine rings is 1. The fourth-order valence-electron chi connectivity index (χ4n) is 2.85. The summed E-state index contributed by atoms with van der Waals surface area (Å²) in [5, 5.41) is 11.5. The number of carbonyl (C=O) groups is 1. The highest BCUT2D eigenvalue weighted by Gasteiger charge is 2.27. The van der Waals surface area contributed by atoms with Gasteiger partial charge in [-0.25, -0.2) is 4.79 Å². The van der Waals surface area contributed by atoms with E-state index in [2.05, 4.69) is 15.5 Å². The first kappa shape index (κ1) is 13.9. The molecule has 112 valence electrons. The minimum atomic E-state index is 0.0171. The van der Waals surface area contributed by atoms with E-state index in [4.69, 9.17) is 0 Å². The molecule has 2 aromatic rings. The number of rotatable bonds is 2. The number of carbonyl (C=O) groups excluding carboxylic acids is 1. The normalized spacial score (nSPS) is 19.2. The van der Waals surface area contributed by atoms with Crippen molar-refractivity contribution < 1.29 is 4.79 Å². The Bertz CT molecular complexity index is 636. The fourth-order valence-corrected chi connectivity index (χ4v) is 2.85. The number of nitrogens with zero attached hydrogens (tertiary/aromatic N) is 4. The third-order valence-electron chi connectivity index (χ3n) is 3.83. The van der Waals surface area contributed by atoms with Gasteiger partial charge in [-0.15, -0.1) is 10.2 Å². The van der Waals surface area contributed by atoms with Crippen LogP contribution < -0.4 is 5.32 Å². The predicted octanol–water partition coefficient (Wildman–Crippen LogP) is 2.03. The van der Waals surface area contributed by atoms with Crippen molar-refractivity contribution in [1.29, 1.82) is 0 Å². The Kier molecular flexibility index (Phi) is 3.77. The number of amides is 2. The number of hydrogen-bond acceptors (Lipinski definition) is 3. The molecule has 1 fully saturated rings. The molecule has 1 atom stereocenters. The third kappa shape index (κ3) is 2.84. The van der Waals surface area contributed by atoms with Crippen LogP contribution in [0.2, 0.25) is 0 Å². The summed E-state index contributed by atoms with van der Waals surface area (Å²) in [5.74, 6) is 1.20. The van der Waals surface area contributed by atoms with Crippen molar-refractivity contribution in [2.45, 2.75) is 38.6 Å². The number of urea groups is 1. The Morgan fingerprint density at radius 1 is 1.38 bits per heavy atom. The molecular formula is C15H21N5O. The van der Waals surface area contributed by atoms with E-state index < -0.39 is 0 Å². The Hall–Kier alpha value is -2.11. The first-order valence-corrected chi connectivity index (χ1v) is 7.50. The minimum absolute atomic E-state index is 0.0171. The molecule has 0 radical (unpaired) electrons. The fraction of sp³-hybridized carbons (Fsp3) is 0.533. The number of hydrogen-bond donors (Lipinski definition) is 1. The summed E-state index contributed by atoms with van der Waals surface area (Å²) >= 11 is 0. The third-order valence-corrected chi connectivity index (χ3v) is 3.83. The highest BCUT2D eigenvalue weighted by atomic mass is 16.2. The van der Waals surface area contributed by atoms with E-state index >= 15 is 0 Å². The minimum Gasteiger partial charge on any atom is -0.336 e. The molecule has 3 heterocycles. The van der Waals surface area contributed by atoms with Crippen molar-refractivity contribution in [2.24, 2.45) is 0 Å². The quantitative estimate of drug-likeness (QED) is 0.919. The van der Waals surface area contributed by atoms with Gasteiger partial charge in [-0.05, 0) is 38.8 Å². The molecule has 21 heavy (non-hydrogen) atoms. The van der Waals surface area contributed by atoms with E-state index in [9.17, 15) is 4.79 Å². The highest BCUT2D eigenvalue weighted by Crippen LogP contribution is 2.26. The van der Waals surface area contributed by atoms with Crippen molar-refractivity contribution >= 4 is 11.7 Å². The van der Waals surface area contributed by atoms with Crippen LogP contribution in [0.4, 0.5) is 4.79 Å². The van der Waals surface area contributed by atoms with E-state index in [1.807, 2.05) is 47.5 Å². The van der Waals surface area contributed by atoms with Crippen LogP contribution in [-0.2, 0) is 0 Å². The monoisotopic (exact) mass is 287 g/mol. The van der Waals surface area contributed by atoms with E-state index in [-0.39, 0.29) is 18.0 Å². The van der Waals surface area contributed by atoms with Gasteiger partial charge >= 0.3 is 6.03 Å². The number of fused-ring (bicyclic) bond motifs is 1. The van der Waals surface area contributed by atoms with Crippen molar-refractivity contribution in [2.75, 3.05) is 13.1 Å². The molecule has 6 nitrogen and oxygen atoms in total. The van der Waals surface area contributed by atoms with Crippen LogP contribution in [0.1, 0.15) is 38.4 Å². The molecule has 1 aliphatic heterocycles. The van der Waals surface area contributed by atoms with Gasteiger partial charge in [0.25, 0.3) is 0 Å². The molecule has 0 aliphatic carbocycles. The lowest BCUT2D eigenvalue weighted by atomic mass is 9.97. The second-order valence-corrected chi connectivity index (χ2v) is 5.88. The first-order valence-electron chi connectivity index (χ1n) is 7.50. The molecular weight excluding hydrogens is 266 g/mol. The molecule has 3 rings (SSSR count). The lowest BCUT2D eigenvalue weighted by molar-refractivity contribution is 0.176. The summed E-state index contributed by atoms with van der Waals surface area (Å²) in [6, 6.07) is 6.06. The van der Waals surface area contributed by atoms with Crippen molar-refractivity contribution in [3.63, 3.8) is 0 Å². The molecule has 0 aromatic carbocycles. The standard InChI is InChI=1S/C15H21N5O/c1-11(2)16-15(21)19-8-5-6-12(10-19)14-18-17-13-7-3-4-9-20(13)14/h3-4,7,9,11-12H,5-6,8,10H2,1-2H3,(H,16,21)/t12-/m0/s1. The SMILES string of the molecule is CC(C)NC(=O)N1CCC[C@H](c2nnc3ccccn23)C1. The van der Waals surface area contributed by atoms with Gasteiger partial charge in [-0.3, -0.25) is 4.40 Å². The van der Waals surface area contributed by atoms with Gasteiger partial charge in [0.15, 0.2) is 5.65 Å². The maximum atomic E-state index is 12.2. The lowest BCUT2D eigenvalue weighted by Gasteiger charge is -2.32. The Morgan fingerprint density at radius 3 is 3.05 bits per heavy atom. The van der Waals surface area contributed by atoms with Crippen LogP contribution >= 0.6 is 0 Å². The highest BCUT2D eigenvalue weighted by molar-refractivity contribution is 5.74. The van der Waals surface area contributed by atoms with Crippen LogP contribution in [0.15, 0.2) is 24.4 Å². The molecule has 6 heteroatoms. The van der Waals surface area contributed by atoms with Gasteiger partial charge < -0.3 is 10.2 Å². The lowest BCUT2D eigenvalue weighted by Crippen LogP contribution is -2.47. The summed E-state index contributed by atoms with van der Waals surface area (Å²) in [7, 11) is 0. The van der Waals surface area contributed by atoms with Crippen LogP contribution in [-0.4, -0.2) is 44.7 Å². The largest absolute Gasteiger partial charge is 0.336 e. The van der Waals surface area contributed by atoms with E-state index in [1.54, 1.807) is 0 Å². The maximum absolute atomic E-state index is 12.2. The Balaban J connectivity index is 1.78. The number of piperidine rings is 1. The van der Waals surface area contributed by atoms with Crippen molar-refractivity contribution in [1.82, 2.24) is 24.8 Å². The second kappa shape index (κ2) is 5.71. The Morgan fingerprint density at radius 2 is 2.24 bits per heavy atom. The number of likely N-dealkylation sites (tertiary alicyclic amines) is 1. The molecule has 1 saturated heterocycles. The average Bonchev–Trinajstić information content (AvgIpc) is 2.90. The molecule has 1 N–H and O–H groups in total. The molecule has 0 unspecified atom stereocenters. The maximum Gasteiger partial charge on any atom is 0.317 e. The van der Waals surface area contributed by atoms with Crippen molar-refractivity contribution in [3.05, 3.63) is 30.2 Å². The molecule has 1 aliphatic rings. The summed E-state index contributed by atoms with van der Waals surface area (Å²) in [6.45, 7) is 5.47. The van der Waals surface area contributed by atoms with E-state index in [1.165, 1.54) is 0 Å². The molecule has 2 aromatic heterocycles. The van der Waals surface area contributed by atoms with Gasteiger partial charge in [0.05, 0.1) is 0 Å². The smallest absolute Gasteiger partial charge is 0.317 e. The van der Waals surface area contributed by atoms with Crippen LogP contribution in [0.3, 0.4) is 0 Å². The zero-order valence-electron chi connectivity index (χ0n) is 12.5. The van der Waals surface area contributed by atoms with Crippen LogP contribution in [0.25, 0.3) is 5.65 Å². The van der Waals surface area contributed by atoms with Gasteiger partial charge in [0.2, 0.25) is 0 Å². The summed E-state index contributed by atoms with van der Waals surface area (Å²) in [5.41, 5.74) is 0.858. The van der Waals surface area contributed by atoms with Gasteiger partial charge in [0, 0.05) is 31.2 Å². The number of nitrogens with one attached hydrogen (secondary N) is 1. The van der Waals surface area contributed by atoms with E-state index in [0.29, 0.717) is 6.54 Å². The zero-order valence-corrected chi connectivity index (χ0v) is 12.5. The predicted molar refractivity (Wildman–Crippen MR) is 80.2 cm³/mol. The zero-order chi connectivity index (χ0) is 14.8. The Labute approximate surface area is 124 Å². The van der Waals surface area contributed by atoms with Gasteiger partial charge in [-0.1, -0.05) is 6.07 Å². The van der Waals surface area contributed by atoms with Crippen LogP contribution in [0.5, 0.6) is 0 Å². The van der Waals surface area contributed by atoms with Crippen LogP contribution in [0, 0.1) is 0 Å². The number of aromatic nitrogens is 3. The molecule has 2 amide bonds. The van der Waals surface area contributed by atoms with Gasteiger partial charge in [-0.2, -0.15) is 0 Å². The van der Waals surface area contributed by atoms with Crippen molar-refractivity contribution in [3.8, 4) is 0 Å². The molecule has 0 saturated carbocycles. The summed E-state index contributed by atoms with van der Waals surface area (Å²) < 4.78 is 2.02. The summed E-state index contributed by atoms with van der Waals surface area (Å²) in [4.78, 5) is 14.0. The molecule has 0 bridgehead atoms. The van der Waals surface area contributed by atoms with Gasteiger partial charge in [0.1, 0.15) is 5.82 Å². The average molecular weight is 287 g/mol. The van der Waals surface area contributed by atoms with E-state index in [0.717, 1.165) is 30.9 Å². The summed E-state index contributed by atoms with van der Waals surface area (Å²) in [6.07, 6.45) is 4.02.